The Labute approximate surface area is 160 Å². The molecule has 0 unspecified atom stereocenters. The molecule has 0 N–H and O–H groups in total. The maximum atomic E-state index is 13.1. The highest BCUT2D eigenvalue weighted by Crippen LogP contribution is 2.33. The molecule has 6 heteroatoms. The fraction of sp³-hybridized carbons (Fsp3) is 0.524. The van der Waals surface area contributed by atoms with Crippen LogP contribution in [0.5, 0.6) is 5.75 Å². The van der Waals surface area contributed by atoms with Gasteiger partial charge in [0.15, 0.2) is 0 Å². The smallest absolute Gasteiger partial charge is 0.277 e. The third-order valence-corrected chi connectivity index (χ3v) is 4.96. The highest BCUT2D eigenvalue weighted by atomic mass is 16.5. The van der Waals surface area contributed by atoms with Crippen molar-refractivity contribution in [2.75, 3.05) is 33.4 Å². The van der Waals surface area contributed by atoms with E-state index in [1.165, 1.54) is 4.90 Å². The van der Waals surface area contributed by atoms with Gasteiger partial charge in [-0.3, -0.25) is 14.5 Å². The first-order valence-electron chi connectivity index (χ1n) is 9.64. The Bertz CT molecular complexity index is 718. The molecule has 0 spiro atoms. The SMILES string of the molecule is COc1ccc(C2=C(N3CCCCC3)C(=O)N(CCOC(C)C)C2=O)cc1. The normalized spacial score (nSPS) is 18.1. The van der Waals surface area contributed by atoms with Gasteiger partial charge in [0.1, 0.15) is 11.4 Å². The lowest BCUT2D eigenvalue weighted by molar-refractivity contribution is -0.138. The molecule has 2 aliphatic rings. The van der Waals surface area contributed by atoms with Crippen molar-refractivity contribution < 1.29 is 19.1 Å². The average molecular weight is 372 g/mol. The molecular formula is C21H28N2O4. The molecular weight excluding hydrogens is 344 g/mol. The topological polar surface area (TPSA) is 59.1 Å². The van der Waals surface area contributed by atoms with Gasteiger partial charge >= 0.3 is 0 Å². The third-order valence-electron chi connectivity index (χ3n) is 4.96. The fourth-order valence-electron chi connectivity index (χ4n) is 3.57. The number of imide groups is 1. The number of nitrogens with zero attached hydrogens (tertiary/aromatic N) is 2. The Morgan fingerprint density at radius 1 is 1.00 bits per heavy atom. The average Bonchev–Trinajstić information content (AvgIpc) is 2.93. The molecule has 0 saturated carbocycles. The first kappa shape index (κ1) is 19.4. The van der Waals surface area contributed by atoms with E-state index in [2.05, 4.69) is 4.90 Å². The summed E-state index contributed by atoms with van der Waals surface area (Å²) in [6.07, 6.45) is 3.30. The summed E-state index contributed by atoms with van der Waals surface area (Å²) in [6.45, 7) is 6.11. The maximum absolute atomic E-state index is 13.1. The molecule has 27 heavy (non-hydrogen) atoms. The van der Waals surface area contributed by atoms with Crippen molar-refractivity contribution in [2.45, 2.75) is 39.2 Å². The van der Waals surface area contributed by atoms with Crippen LogP contribution in [-0.4, -0.2) is 61.1 Å². The number of benzene rings is 1. The van der Waals surface area contributed by atoms with Crippen molar-refractivity contribution in [2.24, 2.45) is 0 Å². The van der Waals surface area contributed by atoms with Crippen LogP contribution in [0.15, 0.2) is 30.0 Å². The second-order valence-electron chi connectivity index (χ2n) is 7.18. The molecule has 0 bridgehead atoms. The van der Waals surface area contributed by atoms with Crippen LogP contribution < -0.4 is 4.74 Å². The van der Waals surface area contributed by atoms with Crippen LogP contribution >= 0.6 is 0 Å². The van der Waals surface area contributed by atoms with Crippen LogP contribution in [-0.2, 0) is 14.3 Å². The number of likely N-dealkylation sites (tertiary alicyclic amines) is 1. The van der Waals surface area contributed by atoms with Crippen LogP contribution in [0.25, 0.3) is 5.57 Å². The molecule has 3 rings (SSSR count). The summed E-state index contributed by atoms with van der Waals surface area (Å²) >= 11 is 0. The molecule has 0 atom stereocenters. The van der Waals surface area contributed by atoms with E-state index < -0.39 is 0 Å². The van der Waals surface area contributed by atoms with Crippen molar-refractivity contribution in [3.05, 3.63) is 35.5 Å². The summed E-state index contributed by atoms with van der Waals surface area (Å²) in [6, 6.07) is 7.33. The van der Waals surface area contributed by atoms with Gasteiger partial charge in [0, 0.05) is 13.1 Å². The number of ether oxygens (including phenoxy) is 2. The summed E-state index contributed by atoms with van der Waals surface area (Å²) in [7, 11) is 1.61. The van der Waals surface area contributed by atoms with Gasteiger partial charge in [-0.1, -0.05) is 12.1 Å². The first-order valence-corrected chi connectivity index (χ1v) is 9.64. The van der Waals surface area contributed by atoms with Crippen molar-refractivity contribution in [3.63, 3.8) is 0 Å². The Kier molecular flexibility index (Phi) is 6.16. The highest BCUT2D eigenvalue weighted by molar-refractivity contribution is 6.35. The van der Waals surface area contributed by atoms with E-state index in [-0.39, 0.29) is 24.5 Å². The molecule has 146 valence electrons. The largest absolute Gasteiger partial charge is 0.497 e. The standard InChI is InChI=1S/C21H28N2O4/c1-15(2)27-14-13-23-20(24)18(16-7-9-17(26-3)10-8-16)19(21(23)25)22-11-5-4-6-12-22/h7-10,15H,4-6,11-14H2,1-3H3. The van der Waals surface area contributed by atoms with Crippen molar-refractivity contribution in [1.82, 2.24) is 9.80 Å². The summed E-state index contributed by atoms with van der Waals surface area (Å²) < 4.78 is 10.8. The molecule has 2 aliphatic heterocycles. The Morgan fingerprint density at radius 2 is 1.67 bits per heavy atom. The number of rotatable bonds is 7. The van der Waals surface area contributed by atoms with E-state index in [0.717, 1.165) is 43.7 Å². The van der Waals surface area contributed by atoms with Crippen molar-refractivity contribution in [3.8, 4) is 5.75 Å². The van der Waals surface area contributed by atoms with Gasteiger partial charge in [0.2, 0.25) is 0 Å². The zero-order valence-electron chi connectivity index (χ0n) is 16.4. The Morgan fingerprint density at radius 3 is 2.26 bits per heavy atom. The minimum absolute atomic E-state index is 0.0633. The van der Waals surface area contributed by atoms with Gasteiger partial charge in [-0.15, -0.1) is 0 Å². The summed E-state index contributed by atoms with van der Waals surface area (Å²) in [4.78, 5) is 29.7. The van der Waals surface area contributed by atoms with E-state index in [4.69, 9.17) is 9.47 Å². The summed E-state index contributed by atoms with van der Waals surface area (Å²) in [5.74, 6) is 0.274. The van der Waals surface area contributed by atoms with E-state index >= 15 is 0 Å². The van der Waals surface area contributed by atoms with Gasteiger partial charge < -0.3 is 14.4 Å². The number of piperidine rings is 1. The zero-order chi connectivity index (χ0) is 19.4. The van der Waals surface area contributed by atoms with Gasteiger partial charge in [-0.05, 0) is 50.8 Å². The molecule has 6 nitrogen and oxygen atoms in total. The molecule has 2 heterocycles. The van der Waals surface area contributed by atoms with Gasteiger partial charge in [0.05, 0.1) is 31.9 Å². The molecule has 1 fully saturated rings. The molecule has 0 aliphatic carbocycles. The quantitative estimate of drug-likeness (QED) is 0.689. The number of methoxy groups -OCH3 is 1. The van der Waals surface area contributed by atoms with Crippen LogP contribution in [0.4, 0.5) is 0 Å². The monoisotopic (exact) mass is 372 g/mol. The molecule has 1 aromatic rings. The summed E-state index contributed by atoms with van der Waals surface area (Å²) in [5, 5.41) is 0. The lowest BCUT2D eigenvalue weighted by Crippen LogP contribution is -2.39. The third kappa shape index (κ3) is 4.16. The molecule has 2 amide bonds. The van der Waals surface area contributed by atoms with Crippen LogP contribution in [0, 0.1) is 0 Å². The lowest BCUT2D eigenvalue weighted by atomic mass is 10.0. The van der Waals surface area contributed by atoms with E-state index in [9.17, 15) is 9.59 Å². The second kappa shape index (κ2) is 8.57. The number of hydrogen-bond acceptors (Lipinski definition) is 5. The molecule has 1 aromatic carbocycles. The predicted octanol–water partition coefficient (Wildman–Crippen LogP) is 2.69. The first-order chi connectivity index (χ1) is 13.0. The molecule has 0 aromatic heterocycles. The molecule has 1 saturated heterocycles. The molecule has 0 radical (unpaired) electrons. The minimum atomic E-state index is -0.238. The fourth-order valence-corrected chi connectivity index (χ4v) is 3.57. The van der Waals surface area contributed by atoms with Gasteiger partial charge in [-0.25, -0.2) is 0 Å². The highest BCUT2D eigenvalue weighted by Gasteiger charge is 2.41. The van der Waals surface area contributed by atoms with E-state index in [1.807, 2.05) is 38.1 Å². The van der Waals surface area contributed by atoms with Crippen LogP contribution in [0.2, 0.25) is 0 Å². The Hall–Kier alpha value is -2.34. The number of amides is 2. The number of carbonyl (C=O) groups excluding carboxylic acids is 2. The Balaban J connectivity index is 1.92. The minimum Gasteiger partial charge on any atom is -0.497 e. The summed E-state index contributed by atoms with van der Waals surface area (Å²) in [5.41, 5.74) is 1.78. The van der Waals surface area contributed by atoms with Crippen molar-refractivity contribution >= 4 is 17.4 Å². The van der Waals surface area contributed by atoms with Crippen LogP contribution in [0.3, 0.4) is 0 Å². The maximum Gasteiger partial charge on any atom is 0.277 e. The second-order valence-corrected chi connectivity index (χ2v) is 7.18. The predicted molar refractivity (Wildman–Crippen MR) is 103 cm³/mol. The van der Waals surface area contributed by atoms with Gasteiger partial charge in [0.25, 0.3) is 11.8 Å². The number of hydrogen-bond donors (Lipinski definition) is 0. The number of carbonyl (C=O) groups is 2. The van der Waals surface area contributed by atoms with Crippen LogP contribution in [0.1, 0.15) is 38.7 Å². The zero-order valence-corrected chi connectivity index (χ0v) is 16.4. The lowest BCUT2D eigenvalue weighted by Gasteiger charge is -2.29. The van der Waals surface area contributed by atoms with Crippen molar-refractivity contribution in [1.29, 1.82) is 0 Å². The van der Waals surface area contributed by atoms with Gasteiger partial charge in [-0.2, -0.15) is 0 Å². The van der Waals surface area contributed by atoms with E-state index in [0.29, 0.717) is 17.9 Å². The van der Waals surface area contributed by atoms with E-state index in [1.54, 1.807) is 7.11 Å².